The Balaban J connectivity index is 1.97. The highest BCUT2D eigenvalue weighted by atomic mass is 19.1. The number of ether oxygens (including phenoxy) is 1. The zero-order valence-corrected chi connectivity index (χ0v) is 10.4. The maximum Gasteiger partial charge on any atom is 0.167 e. The molecule has 0 radical (unpaired) electrons. The van der Waals surface area contributed by atoms with Crippen LogP contribution in [0.4, 0.5) is 10.1 Å². The van der Waals surface area contributed by atoms with Crippen molar-refractivity contribution in [3.63, 3.8) is 0 Å². The molecule has 0 bridgehead atoms. The minimum atomic E-state index is -0.314. The van der Waals surface area contributed by atoms with Crippen molar-refractivity contribution in [2.75, 3.05) is 32.6 Å². The van der Waals surface area contributed by atoms with Crippen molar-refractivity contribution in [2.45, 2.75) is 18.9 Å². The number of rotatable bonds is 3. The number of benzene rings is 1. The molecule has 94 valence electrons. The molecule has 1 saturated heterocycles. The summed E-state index contributed by atoms with van der Waals surface area (Å²) in [5, 5.41) is 3.37. The van der Waals surface area contributed by atoms with E-state index in [0.717, 1.165) is 31.6 Å². The van der Waals surface area contributed by atoms with Crippen LogP contribution in [0.5, 0.6) is 5.75 Å². The van der Waals surface area contributed by atoms with E-state index in [1.54, 1.807) is 6.07 Å². The zero-order chi connectivity index (χ0) is 12.3. The topological polar surface area (TPSA) is 24.5 Å². The zero-order valence-electron chi connectivity index (χ0n) is 10.4. The highest BCUT2D eigenvalue weighted by molar-refractivity contribution is 5.48. The Hall–Kier alpha value is -1.29. The summed E-state index contributed by atoms with van der Waals surface area (Å²) in [7, 11) is 3.60. The first-order chi connectivity index (χ1) is 8.19. The first kappa shape index (κ1) is 12.2. The quantitative estimate of drug-likeness (QED) is 0.874. The lowest BCUT2D eigenvalue weighted by atomic mass is 10.1. The summed E-state index contributed by atoms with van der Waals surface area (Å²) in [4.78, 5) is 2.31. The van der Waals surface area contributed by atoms with Gasteiger partial charge in [-0.3, -0.25) is 0 Å². The molecule has 2 rings (SSSR count). The maximum absolute atomic E-state index is 13.5. The fraction of sp³-hybridized carbons (Fsp3) is 0.538. The molecule has 1 aromatic carbocycles. The standard InChI is InChI=1S/C13H19FN2O/c1-16-7-5-10(6-8-16)15-11-3-4-13(17-2)12(14)9-11/h3-4,9-10,15H,5-8H2,1-2H3. The summed E-state index contributed by atoms with van der Waals surface area (Å²) < 4.78 is 18.4. The molecule has 1 heterocycles. The average Bonchev–Trinajstić information content (AvgIpc) is 2.32. The average molecular weight is 238 g/mol. The van der Waals surface area contributed by atoms with Gasteiger partial charge in [0.15, 0.2) is 11.6 Å². The molecular weight excluding hydrogens is 219 g/mol. The van der Waals surface area contributed by atoms with E-state index < -0.39 is 0 Å². The summed E-state index contributed by atoms with van der Waals surface area (Å²) in [5.41, 5.74) is 0.831. The van der Waals surface area contributed by atoms with E-state index in [0.29, 0.717) is 11.8 Å². The SMILES string of the molecule is COc1ccc(NC2CCN(C)CC2)cc1F. The second kappa shape index (κ2) is 5.36. The van der Waals surface area contributed by atoms with Gasteiger partial charge in [0.05, 0.1) is 7.11 Å². The predicted octanol–water partition coefficient (Wildman–Crippen LogP) is 2.34. The molecule has 0 aliphatic carbocycles. The minimum absolute atomic E-state index is 0.291. The van der Waals surface area contributed by atoms with E-state index in [-0.39, 0.29) is 5.82 Å². The van der Waals surface area contributed by atoms with E-state index in [2.05, 4.69) is 17.3 Å². The second-order valence-corrected chi connectivity index (χ2v) is 4.57. The lowest BCUT2D eigenvalue weighted by Gasteiger charge is -2.30. The number of methoxy groups -OCH3 is 1. The van der Waals surface area contributed by atoms with Crippen LogP contribution >= 0.6 is 0 Å². The van der Waals surface area contributed by atoms with E-state index in [9.17, 15) is 4.39 Å². The lowest BCUT2D eigenvalue weighted by molar-refractivity contribution is 0.264. The minimum Gasteiger partial charge on any atom is -0.494 e. The molecule has 0 amide bonds. The summed E-state index contributed by atoms with van der Waals surface area (Å²) in [6, 6.07) is 5.46. The third-order valence-electron chi connectivity index (χ3n) is 3.24. The van der Waals surface area contributed by atoms with Crippen molar-refractivity contribution < 1.29 is 9.13 Å². The van der Waals surface area contributed by atoms with Gasteiger partial charge in [-0.25, -0.2) is 4.39 Å². The Bertz CT molecular complexity index is 376. The number of anilines is 1. The number of likely N-dealkylation sites (tertiary alicyclic amines) is 1. The van der Waals surface area contributed by atoms with Crippen LogP contribution in [0.1, 0.15) is 12.8 Å². The predicted molar refractivity (Wildman–Crippen MR) is 67.1 cm³/mol. The van der Waals surface area contributed by atoms with Crippen LogP contribution in [-0.2, 0) is 0 Å². The van der Waals surface area contributed by atoms with Crippen molar-refractivity contribution in [3.05, 3.63) is 24.0 Å². The Labute approximate surface area is 102 Å². The maximum atomic E-state index is 13.5. The van der Waals surface area contributed by atoms with Gasteiger partial charge in [0, 0.05) is 17.8 Å². The van der Waals surface area contributed by atoms with Crippen molar-refractivity contribution >= 4 is 5.69 Å². The Morgan fingerprint density at radius 2 is 2.06 bits per heavy atom. The second-order valence-electron chi connectivity index (χ2n) is 4.57. The number of nitrogens with one attached hydrogen (secondary N) is 1. The molecule has 4 heteroatoms. The highest BCUT2D eigenvalue weighted by Gasteiger charge is 2.16. The summed E-state index contributed by atoms with van der Waals surface area (Å²) in [5.74, 6) is -0.0237. The number of piperidine rings is 1. The van der Waals surface area contributed by atoms with Crippen LogP contribution < -0.4 is 10.1 Å². The van der Waals surface area contributed by atoms with Crippen molar-refractivity contribution in [1.82, 2.24) is 4.90 Å². The Morgan fingerprint density at radius 3 is 2.65 bits per heavy atom. The Morgan fingerprint density at radius 1 is 1.35 bits per heavy atom. The molecule has 1 aliphatic heterocycles. The Kier molecular flexibility index (Phi) is 3.84. The van der Waals surface area contributed by atoms with Crippen LogP contribution in [0.2, 0.25) is 0 Å². The summed E-state index contributed by atoms with van der Waals surface area (Å²) in [6.07, 6.45) is 2.20. The fourth-order valence-corrected chi connectivity index (χ4v) is 2.14. The van der Waals surface area contributed by atoms with Crippen LogP contribution in [0.15, 0.2) is 18.2 Å². The van der Waals surface area contributed by atoms with Gasteiger partial charge in [-0.05, 0) is 45.1 Å². The van der Waals surface area contributed by atoms with Gasteiger partial charge in [-0.2, -0.15) is 0 Å². The molecule has 1 fully saturated rings. The van der Waals surface area contributed by atoms with Crippen LogP contribution in [0, 0.1) is 5.82 Å². The summed E-state index contributed by atoms with van der Waals surface area (Å²) in [6.45, 7) is 2.19. The molecule has 17 heavy (non-hydrogen) atoms. The highest BCUT2D eigenvalue weighted by Crippen LogP contribution is 2.22. The third kappa shape index (κ3) is 3.09. The van der Waals surface area contributed by atoms with Gasteiger partial charge in [0.25, 0.3) is 0 Å². The van der Waals surface area contributed by atoms with Crippen molar-refractivity contribution in [3.8, 4) is 5.75 Å². The van der Waals surface area contributed by atoms with Gasteiger partial charge in [-0.15, -0.1) is 0 Å². The van der Waals surface area contributed by atoms with Crippen LogP contribution in [-0.4, -0.2) is 38.2 Å². The van der Waals surface area contributed by atoms with Crippen LogP contribution in [0.3, 0.4) is 0 Å². The van der Waals surface area contributed by atoms with Gasteiger partial charge in [0.2, 0.25) is 0 Å². The molecule has 1 N–H and O–H groups in total. The van der Waals surface area contributed by atoms with E-state index in [1.807, 2.05) is 6.07 Å². The number of hydrogen-bond acceptors (Lipinski definition) is 3. The largest absolute Gasteiger partial charge is 0.494 e. The molecule has 0 spiro atoms. The van der Waals surface area contributed by atoms with Crippen LogP contribution in [0.25, 0.3) is 0 Å². The first-order valence-electron chi connectivity index (χ1n) is 5.97. The summed E-state index contributed by atoms with van der Waals surface area (Å²) >= 11 is 0. The molecular formula is C13H19FN2O. The van der Waals surface area contributed by atoms with E-state index >= 15 is 0 Å². The number of hydrogen-bond donors (Lipinski definition) is 1. The number of halogens is 1. The van der Waals surface area contributed by atoms with E-state index in [4.69, 9.17) is 4.74 Å². The van der Waals surface area contributed by atoms with Gasteiger partial charge in [-0.1, -0.05) is 0 Å². The van der Waals surface area contributed by atoms with Crippen molar-refractivity contribution in [2.24, 2.45) is 0 Å². The lowest BCUT2D eigenvalue weighted by Crippen LogP contribution is -2.36. The van der Waals surface area contributed by atoms with E-state index in [1.165, 1.54) is 13.2 Å². The molecule has 3 nitrogen and oxygen atoms in total. The smallest absolute Gasteiger partial charge is 0.167 e. The van der Waals surface area contributed by atoms with Gasteiger partial charge < -0.3 is 15.0 Å². The molecule has 0 atom stereocenters. The first-order valence-corrected chi connectivity index (χ1v) is 5.97. The molecule has 0 aromatic heterocycles. The third-order valence-corrected chi connectivity index (χ3v) is 3.24. The number of nitrogens with zero attached hydrogens (tertiary/aromatic N) is 1. The van der Waals surface area contributed by atoms with Gasteiger partial charge in [0.1, 0.15) is 0 Å². The monoisotopic (exact) mass is 238 g/mol. The van der Waals surface area contributed by atoms with Crippen molar-refractivity contribution in [1.29, 1.82) is 0 Å². The normalized spacial score (nSPS) is 18.1. The molecule has 1 aliphatic rings. The fourth-order valence-electron chi connectivity index (χ4n) is 2.14. The molecule has 0 saturated carbocycles. The molecule has 1 aromatic rings. The molecule has 0 unspecified atom stereocenters. The van der Waals surface area contributed by atoms with Gasteiger partial charge >= 0.3 is 0 Å².